The third-order valence-corrected chi connectivity index (χ3v) is 3.96. The molecule has 8 heteroatoms. The van der Waals surface area contributed by atoms with Crippen molar-refractivity contribution >= 4 is 17.4 Å². The smallest absolute Gasteiger partial charge is 0.365 e. The number of amides is 1. The van der Waals surface area contributed by atoms with Crippen LogP contribution in [0.15, 0.2) is 60.7 Å². The highest BCUT2D eigenvalue weighted by Gasteiger charge is 2.30. The van der Waals surface area contributed by atoms with Crippen LogP contribution in [0.25, 0.3) is 0 Å². The van der Waals surface area contributed by atoms with E-state index in [1.165, 1.54) is 23.8 Å². The minimum Gasteiger partial charge on any atom is -0.365 e. The van der Waals surface area contributed by atoms with E-state index in [-0.39, 0.29) is 11.4 Å². The van der Waals surface area contributed by atoms with Crippen LogP contribution in [0.2, 0.25) is 0 Å². The fourth-order valence-corrected chi connectivity index (χ4v) is 2.38. The predicted octanol–water partition coefficient (Wildman–Crippen LogP) is 4.67. The van der Waals surface area contributed by atoms with Gasteiger partial charge in [-0.3, -0.25) is 4.79 Å². The molecule has 144 valence electrons. The summed E-state index contributed by atoms with van der Waals surface area (Å²) in [5.41, 5.74) is 1.76. The van der Waals surface area contributed by atoms with Gasteiger partial charge in [0.25, 0.3) is 5.91 Å². The predicted molar refractivity (Wildman–Crippen MR) is 99.9 cm³/mol. The Morgan fingerprint density at radius 1 is 0.929 bits per heavy atom. The van der Waals surface area contributed by atoms with Crippen molar-refractivity contribution < 1.29 is 18.0 Å². The van der Waals surface area contributed by atoms with Crippen LogP contribution >= 0.6 is 0 Å². The van der Waals surface area contributed by atoms with Crippen molar-refractivity contribution in [2.24, 2.45) is 0 Å². The Hall–Kier alpha value is -3.42. The summed E-state index contributed by atoms with van der Waals surface area (Å²) >= 11 is 0. The summed E-state index contributed by atoms with van der Waals surface area (Å²) in [6.45, 7) is 2.57. The van der Waals surface area contributed by atoms with Crippen molar-refractivity contribution in [1.29, 1.82) is 0 Å². The second kappa shape index (κ2) is 8.08. The Morgan fingerprint density at radius 3 is 2.18 bits per heavy atom. The highest BCUT2D eigenvalue weighted by molar-refractivity contribution is 6.02. The van der Waals surface area contributed by atoms with Gasteiger partial charge in [0.05, 0.1) is 5.56 Å². The molecule has 0 spiro atoms. The first-order valence-corrected chi connectivity index (χ1v) is 8.43. The van der Waals surface area contributed by atoms with Crippen molar-refractivity contribution in [2.75, 3.05) is 10.6 Å². The molecule has 0 saturated carbocycles. The average Bonchev–Trinajstić information content (AvgIpc) is 2.67. The lowest BCUT2D eigenvalue weighted by molar-refractivity contribution is -0.137. The maximum absolute atomic E-state index is 12.6. The normalized spacial score (nSPS) is 11.1. The summed E-state index contributed by atoms with van der Waals surface area (Å²) in [5, 5.41) is 13.4. The van der Waals surface area contributed by atoms with E-state index in [1.807, 2.05) is 31.2 Å². The van der Waals surface area contributed by atoms with Gasteiger partial charge in [-0.2, -0.15) is 13.2 Å². The van der Waals surface area contributed by atoms with Crippen molar-refractivity contribution in [3.8, 4) is 0 Å². The van der Waals surface area contributed by atoms with Gasteiger partial charge in [0, 0.05) is 12.2 Å². The van der Waals surface area contributed by atoms with E-state index in [0.717, 1.165) is 17.7 Å². The molecule has 3 rings (SSSR count). The summed E-state index contributed by atoms with van der Waals surface area (Å²) in [6.07, 6.45) is -4.42. The molecule has 1 aromatic heterocycles. The zero-order chi connectivity index (χ0) is 20.1. The number of nitrogens with one attached hydrogen (secondary N) is 2. The number of nitrogens with zero attached hydrogens (tertiary/aromatic N) is 2. The molecule has 0 bridgehead atoms. The van der Waals surface area contributed by atoms with Crippen molar-refractivity contribution in [3.05, 3.63) is 83.0 Å². The van der Waals surface area contributed by atoms with Crippen LogP contribution in [-0.2, 0) is 12.7 Å². The summed E-state index contributed by atoms with van der Waals surface area (Å²) in [5.74, 6) is -0.0519. The van der Waals surface area contributed by atoms with Gasteiger partial charge in [-0.25, -0.2) is 0 Å². The van der Waals surface area contributed by atoms with E-state index in [4.69, 9.17) is 0 Å². The molecule has 2 N–H and O–H groups in total. The number of carbonyl (C=O) groups is 1. The molecule has 0 saturated heterocycles. The summed E-state index contributed by atoms with van der Waals surface area (Å²) in [4.78, 5) is 12.2. The molecule has 0 unspecified atom stereocenters. The van der Waals surface area contributed by atoms with E-state index in [0.29, 0.717) is 12.4 Å². The third-order valence-electron chi connectivity index (χ3n) is 3.96. The number of rotatable bonds is 5. The number of hydrogen-bond acceptors (Lipinski definition) is 4. The molecule has 0 radical (unpaired) electrons. The fourth-order valence-electron chi connectivity index (χ4n) is 2.38. The number of aromatic nitrogens is 2. The molecule has 28 heavy (non-hydrogen) atoms. The second-order valence-corrected chi connectivity index (χ2v) is 6.17. The number of benzene rings is 2. The summed E-state index contributed by atoms with van der Waals surface area (Å²) < 4.78 is 37.7. The number of hydrogen-bond donors (Lipinski definition) is 2. The maximum Gasteiger partial charge on any atom is 0.416 e. The minimum atomic E-state index is -4.42. The topological polar surface area (TPSA) is 66.9 Å². The van der Waals surface area contributed by atoms with Gasteiger partial charge >= 0.3 is 6.18 Å². The molecule has 0 aliphatic rings. The molecule has 0 aliphatic carbocycles. The van der Waals surface area contributed by atoms with Gasteiger partial charge in [-0.1, -0.05) is 29.8 Å². The number of halogens is 3. The van der Waals surface area contributed by atoms with E-state index in [2.05, 4.69) is 20.8 Å². The number of carbonyl (C=O) groups excluding carboxylic acids is 1. The maximum atomic E-state index is 12.6. The Balaban J connectivity index is 1.58. The molecule has 0 atom stereocenters. The molecular formula is C20H17F3N4O. The molecule has 1 amide bonds. The lowest BCUT2D eigenvalue weighted by atomic mass is 10.1. The van der Waals surface area contributed by atoms with Crippen LogP contribution in [0.1, 0.15) is 27.2 Å². The van der Waals surface area contributed by atoms with Crippen molar-refractivity contribution in [1.82, 2.24) is 10.2 Å². The summed E-state index contributed by atoms with van der Waals surface area (Å²) in [6, 6.07) is 15.3. The van der Waals surface area contributed by atoms with Gasteiger partial charge in [0.2, 0.25) is 0 Å². The zero-order valence-electron chi connectivity index (χ0n) is 14.9. The van der Waals surface area contributed by atoms with Crippen LogP contribution in [0.4, 0.5) is 24.7 Å². The molecule has 0 fully saturated rings. The van der Waals surface area contributed by atoms with Gasteiger partial charge in [-0.15, -0.1) is 10.2 Å². The van der Waals surface area contributed by atoms with E-state index >= 15 is 0 Å². The van der Waals surface area contributed by atoms with E-state index < -0.39 is 17.6 Å². The van der Waals surface area contributed by atoms with Crippen LogP contribution in [-0.4, -0.2) is 16.1 Å². The van der Waals surface area contributed by atoms with Gasteiger partial charge in [0.1, 0.15) is 5.82 Å². The first-order valence-electron chi connectivity index (χ1n) is 8.43. The Morgan fingerprint density at radius 2 is 1.61 bits per heavy atom. The molecule has 5 nitrogen and oxygen atoms in total. The van der Waals surface area contributed by atoms with Crippen LogP contribution in [0, 0.1) is 6.92 Å². The average molecular weight is 386 g/mol. The monoisotopic (exact) mass is 386 g/mol. The number of alkyl halides is 3. The quantitative estimate of drug-likeness (QED) is 0.669. The van der Waals surface area contributed by atoms with Crippen molar-refractivity contribution in [3.63, 3.8) is 0 Å². The third kappa shape index (κ3) is 5.06. The second-order valence-electron chi connectivity index (χ2n) is 6.17. The fraction of sp³-hybridized carbons (Fsp3) is 0.150. The molecular weight excluding hydrogens is 369 g/mol. The summed E-state index contributed by atoms with van der Waals surface area (Å²) in [7, 11) is 0. The lowest BCUT2D eigenvalue weighted by Crippen LogP contribution is -2.15. The van der Waals surface area contributed by atoms with E-state index in [9.17, 15) is 18.0 Å². The highest BCUT2D eigenvalue weighted by Crippen LogP contribution is 2.29. The number of aryl methyl sites for hydroxylation is 1. The SMILES string of the molecule is Cc1ccc(CNc2ccc(C(=O)Nc3ccc(C(F)(F)F)cc3)nn2)cc1. The van der Waals surface area contributed by atoms with Crippen molar-refractivity contribution in [2.45, 2.75) is 19.6 Å². The van der Waals surface area contributed by atoms with Crippen LogP contribution in [0.3, 0.4) is 0 Å². The van der Waals surface area contributed by atoms with Gasteiger partial charge in [0.15, 0.2) is 5.69 Å². The first kappa shape index (κ1) is 19.3. The van der Waals surface area contributed by atoms with E-state index in [1.54, 1.807) is 6.07 Å². The first-order chi connectivity index (χ1) is 13.3. The molecule has 1 heterocycles. The minimum absolute atomic E-state index is 0.0563. The van der Waals surface area contributed by atoms with Crippen LogP contribution < -0.4 is 10.6 Å². The number of anilines is 2. The Labute approximate surface area is 159 Å². The largest absolute Gasteiger partial charge is 0.416 e. The Kier molecular flexibility index (Phi) is 5.58. The molecule has 2 aromatic carbocycles. The zero-order valence-corrected chi connectivity index (χ0v) is 14.9. The Bertz CT molecular complexity index is 937. The van der Waals surface area contributed by atoms with Gasteiger partial charge < -0.3 is 10.6 Å². The molecule has 3 aromatic rings. The highest BCUT2D eigenvalue weighted by atomic mass is 19.4. The standard InChI is InChI=1S/C20H17F3N4O/c1-13-2-4-14(5-3-13)12-24-18-11-10-17(26-27-18)19(28)25-16-8-6-15(7-9-16)20(21,22)23/h2-11H,12H2,1H3,(H,24,27)(H,25,28). The molecule has 0 aliphatic heterocycles. The van der Waals surface area contributed by atoms with Gasteiger partial charge in [-0.05, 0) is 48.9 Å². The van der Waals surface area contributed by atoms with Crippen LogP contribution in [0.5, 0.6) is 0 Å². The lowest BCUT2D eigenvalue weighted by Gasteiger charge is -2.09.